The molecule has 292 valence electrons. The van der Waals surface area contributed by atoms with Crippen molar-refractivity contribution in [2.45, 2.75) is 12.3 Å². The second-order valence-corrected chi connectivity index (χ2v) is 16.1. The van der Waals surface area contributed by atoms with Crippen molar-refractivity contribution in [1.29, 1.82) is 0 Å². The quantitative estimate of drug-likeness (QED) is 0.161. The molecule has 12 rings (SSSR count). The van der Waals surface area contributed by atoms with Gasteiger partial charge in [-0.2, -0.15) is 0 Å². The third-order valence-corrected chi connectivity index (χ3v) is 12.5. The number of benzene rings is 8. The van der Waals surface area contributed by atoms with Crippen LogP contribution < -0.4 is 10.6 Å². The van der Waals surface area contributed by atoms with Crippen LogP contribution in [0.3, 0.4) is 0 Å². The van der Waals surface area contributed by atoms with E-state index in [-0.39, 0.29) is 5.92 Å². The van der Waals surface area contributed by atoms with Gasteiger partial charge in [0.05, 0.1) is 27.9 Å². The molecule has 1 unspecified atom stereocenters. The van der Waals surface area contributed by atoms with Crippen molar-refractivity contribution in [2.75, 3.05) is 0 Å². The van der Waals surface area contributed by atoms with Gasteiger partial charge in [0, 0.05) is 60.7 Å². The van der Waals surface area contributed by atoms with Crippen LogP contribution in [-0.2, 0) is 0 Å². The van der Waals surface area contributed by atoms with Gasteiger partial charge < -0.3 is 9.13 Å². The van der Waals surface area contributed by atoms with E-state index < -0.39 is 0 Å². The van der Waals surface area contributed by atoms with Gasteiger partial charge in [0.25, 0.3) is 0 Å². The fourth-order valence-corrected chi connectivity index (χ4v) is 9.46. The Morgan fingerprint density at radius 2 is 0.903 bits per heavy atom. The molecule has 0 bridgehead atoms. The van der Waals surface area contributed by atoms with E-state index in [1.54, 1.807) is 0 Å². The van der Waals surface area contributed by atoms with Crippen molar-refractivity contribution in [3.63, 3.8) is 0 Å². The lowest BCUT2D eigenvalue weighted by molar-refractivity contribution is 0.909. The molecule has 0 amide bonds. The topological polar surface area (TPSA) is 35.6 Å². The van der Waals surface area contributed by atoms with Crippen LogP contribution in [0.2, 0.25) is 0 Å². The molecule has 0 N–H and O–H groups in total. The summed E-state index contributed by atoms with van der Waals surface area (Å²) < 4.78 is 4.82. The third-order valence-electron chi connectivity index (χ3n) is 12.5. The molecule has 1 atom stereocenters. The molecule has 11 aromatic rings. The zero-order valence-electron chi connectivity index (χ0n) is 33.9. The van der Waals surface area contributed by atoms with Crippen molar-refractivity contribution in [3.8, 4) is 56.4 Å². The van der Waals surface area contributed by atoms with E-state index in [4.69, 9.17) is 9.97 Å². The first-order valence-corrected chi connectivity index (χ1v) is 21.3. The maximum absolute atomic E-state index is 5.04. The lowest BCUT2D eigenvalue weighted by Crippen LogP contribution is -2.31. The molecule has 3 aromatic heterocycles. The first-order chi connectivity index (χ1) is 30.7. The van der Waals surface area contributed by atoms with E-state index in [0.29, 0.717) is 0 Å². The lowest BCUT2D eigenvalue weighted by Gasteiger charge is -2.15. The van der Waals surface area contributed by atoms with Crippen molar-refractivity contribution in [3.05, 3.63) is 228 Å². The van der Waals surface area contributed by atoms with Crippen molar-refractivity contribution in [2.24, 2.45) is 0 Å². The van der Waals surface area contributed by atoms with Crippen LogP contribution >= 0.6 is 0 Å². The number of para-hydroxylation sites is 3. The number of aromatic nitrogens is 4. The number of hydrogen-bond donors (Lipinski definition) is 0. The van der Waals surface area contributed by atoms with Crippen LogP contribution in [0.1, 0.15) is 17.9 Å². The van der Waals surface area contributed by atoms with Gasteiger partial charge in [-0.15, -0.1) is 0 Å². The minimum absolute atomic E-state index is 0.279. The van der Waals surface area contributed by atoms with Gasteiger partial charge in [-0.25, -0.2) is 9.97 Å². The molecule has 1 aliphatic rings. The fourth-order valence-electron chi connectivity index (χ4n) is 9.46. The average molecular weight is 793 g/mol. The Morgan fingerprint density at radius 3 is 1.60 bits per heavy atom. The van der Waals surface area contributed by atoms with Crippen molar-refractivity contribution < 1.29 is 0 Å². The molecular formula is C58H40N4. The molecule has 0 radical (unpaired) electrons. The molecule has 4 heteroatoms. The maximum atomic E-state index is 5.04. The van der Waals surface area contributed by atoms with Gasteiger partial charge >= 0.3 is 0 Å². The molecule has 0 fully saturated rings. The predicted molar refractivity (Wildman–Crippen MR) is 257 cm³/mol. The molecule has 0 saturated heterocycles. The highest BCUT2D eigenvalue weighted by Crippen LogP contribution is 2.37. The molecule has 0 aliphatic heterocycles. The van der Waals surface area contributed by atoms with Gasteiger partial charge in [0.15, 0.2) is 5.82 Å². The third kappa shape index (κ3) is 6.15. The van der Waals surface area contributed by atoms with Crippen LogP contribution in [0.4, 0.5) is 0 Å². The average Bonchev–Trinajstić information content (AvgIpc) is 3.87. The Bertz CT molecular complexity index is 3510. The summed E-state index contributed by atoms with van der Waals surface area (Å²) in [4.78, 5) is 10.0. The van der Waals surface area contributed by atoms with Gasteiger partial charge in [0.1, 0.15) is 0 Å². The first-order valence-electron chi connectivity index (χ1n) is 21.3. The summed E-state index contributed by atoms with van der Waals surface area (Å²) in [6.45, 7) is 0. The molecule has 3 heterocycles. The number of fused-ring (bicyclic) bond motifs is 6. The number of rotatable bonds is 7. The summed E-state index contributed by atoms with van der Waals surface area (Å²) in [6, 6.07) is 75.8. The van der Waals surface area contributed by atoms with E-state index in [2.05, 4.69) is 197 Å². The smallest absolute Gasteiger partial charge is 0.160 e. The molecule has 8 aromatic carbocycles. The van der Waals surface area contributed by atoms with E-state index in [0.717, 1.165) is 57.1 Å². The maximum Gasteiger partial charge on any atom is 0.160 e. The van der Waals surface area contributed by atoms with E-state index in [9.17, 15) is 0 Å². The summed E-state index contributed by atoms with van der Waals surface area (Å²) in [5.41, 5.74) is 14.6. The minimum atomic E-state index is 0.279. The standard InChI is InChI=1S/C58H40N4/c1-4-14-41(15-5-1)52-38-53(60-58(59-52)43-16-6-2-7-17-43)42-26-24-39(25-27-42)40-28-32-47(33-29-40)62-55-23-13-11-21-49(55)51-37-45(31-35-57(51)62)44-30-34-56-50(36-44)48-20-10-12-22-54(48)61(56)46-18-8-3-9-19-46/h1-29,31-38,44H,30H2. The predicted octanol–water partition coefficient (Wildman–Crippen LogP) is 12.9. The van der Waals surface area contributed by atoms with E-state index >= 15 is 0 Å². The highest BCUT2D eigenvalue weighted by atomic mass is 15.0. The Hall–Kier alpha value is -8.08. The Morgan fingerprint density at radius 1 is 0.387 bits per heavy atom. The van der Waals surface area contributed by atoms with Crippen LogP contribution in [-0.4, -0.2) is 19.1 Å². The summed E-state index contributed by atoms with van der Waals surface area (Å²) in [6.07, 6.45) is 5.89. The molecule has 62 heavy (non-hydrogen) atoms. The Labute approximate surface area is 359 Å². The normalized spacial score (nSPS) is 13.5. The summed E-state index contributed by atoms with van der Waals surface area (Å²) in [5, 5.41) is 6.44. The zero-order chi connectivity index (χ0) is 41.0. The van der Waals surface area contributed by atoms with Crippen LogP contribution in [0.15, 0.2) is 212 Å². The molecule has 0 saturated carbocycles. The molecular weight excluding hydrogens is 753 g/mol. The summed E-state index contributed by atoms with van der Waals surface area (Å²) in [7, 11) is 0. The zero-order valence-corrected chi connectivity index (χ0v) is 33.9. The summed E-state index contributed by atoms with van der Waals surface area (Å²) in [5.74, 6) is 0.997. The van der Waals surface area contributed by atoms with E-state index in [1.807, 2.05) is 36.4 Å². The van der Waals surface area contributed by atoms with E-state index in [1.165, 1.54) is 54.5 Å². The lowest BCUT2D eigenvalue weighted by atomic mass is 9.90. The first kappa shape index (κ1) is 35.8. The monoisotopic (exact) mass is 792 g/mol. The Kier molecular flexibility index (Phi) is 8.60. The van der Waals surface area contributed by atoms with Gasteiger partial charge in [0.2, 0.25) is 0 Å². The van der Waals surface area contributed by atoms with Gasteiger partial charge in [-0.05, 0) is 77.7 Å². The van der Waals surface area contributed by atoms with Crippen LogP contribution in [0, 0.1) is 0 Å². The highest BCUT2D eigenvalue weighted by molar-refractivity contribution is 6.09. The highest BCUT2D eigenvalue weighted by Gasteiger charge is 2.19. The van der Waals surface area contributed by atoms with Gasteiger partial charge in [-0.1, -0.05) is 170 Å². The number of hydrogen-bond acceptors (Lipinski definition) is 2. The van der Waals surface area contributed by atoms with Crippen LogP contribution in [0.5, 0.6) is 0 Å². The molecule has 0 spiro atoms. The molecule has 1 aliphatic carbocycles. The van der Waals surface area contributed by atoms with Crippen molar-refractivity contribution in [1.82, 2.24) is 19.1 Å². The number of nitrogens with zero attached hydrogens (tertiary/aromatic N) is 4. The second kappa shape index (κ2) is 14.9. The Balaban J connectivity index is 0.873. The second-order valence-electron chi connectivity index (χ2n) is 16.1. The van der Waals surface area contributed by atoms with Gasteiger partial charge in [-0.3, -0.25) is 0 Å². The van der Waals surface area contributed by atoms with Crippen LogP contribution in [0.25, 0.3) is 101 Å². The summed E-state index contributed by atoms with van der Waals surface area (Å²) >= 11 is 0. The SMILES string of the molecule is C1=c2c(n(-c3ccccc3)c3ccccc23)=CCC1c1ccc2c(c1)c1ccccc1n2-c1ccc(-c2ccc(-c3cc(-c4ccccc4)nc(-c4ccccc4)n3)cc2)cc1. The molecule has 4 nitrogen and oxygen atoms in total. The minimum Gasteiger partial charge on any atom is -0.310 e. The fraction of sp³-hybridized carbons (Fsp3) is 0.0345. The van der Waals surface area contributed by atoms with Crippen molar-refractivity contribution >= 4 is 44.9 Å². The largest absolute Gasteiger partial charge is 0.310 e.